The Morgan fingerprint density at radius 1 is 1.38 bits per heavy atom. The van der Waals surface area contributed by atoms with Crippen LogP contribution in [0.2, 0.25) is 5.02 Å². The highest BCUT2D eigenvalue weighted by atomic mass is 79.9. The topological polar surface area (TPSA) is 64.7 Å². The largest absolute Gasteiger partial charge is 0.436 e. The van der Waals surface area contributed by atoms with E-state index in [2.05, 4.69) is 31.4 Å². The van der Waals surface area contributed by atoms with E-state index in [0.717, 1.165) is 10.2 Å². The van der Waals surface area contributed by atoms with Gasteiger partial charge in [0.25, 0.3) is 0 Å². The van der Waals surface area contributed by atoms with Crippen molar-refractivity contribution in [2.45, 2.75) is 46.0 Å². The zero-order valence-electron chi connectivity index (χ0n) is 14.4. The van der Waals surface area contributed by atoms with Crippen LogP contribution in [0.15, 0.2) is 10.7 Å². The lowest BCUT2D eigenvalue weighted by Gasteiger charge is -2.13. The third-order valence-electron chi connectivity index (χ3n) is 3.88. The minimum absolute atomic E-state index is 0.211. The third kappa shape index (κ3) is 4.59. The van der Waals surface area contributed by atoms with Gasteiger partial charge in [-0.25, -0.2) is 0 Å². The Kier molecular flexibility index (Phi) is 6.38. The lowest BCUT2D eigenvalue weighted by molar-refractivity contribution is -0.141. The molecule has 6 nitrogen and oxygen atoms in total. The molecule has 26 heavy (non-hydrogen) atoms. The van der Waals surface area contributed by atoms with Crippen molar-refractivity contribution in [2.24, 2.45) is 0 Å². The van der Waals surface area contributed by atoms with E-state index in [1.54, 1.807) is 17.8 Å². The first-order valence-corrected chi connectivity index (χ1v) is 8.98. The number of hydrogen-bond acceptors (Lipinski definition) is 3. The molecule has 11 heteroatoms. The Morgan fingerprint density at radius 3 is 2.54 bits per heavy atom. The molecule has 0 saturated heterocycles. The lowest BCUT2D eigenvalue weighted by atomic mass is 10.3. The van der Waals surface area contributed by atoms with Gasteiger partial charge < -0.3 is 5.32 Å². The number of rotatable bonds is 6. The summed E-state index contributed by atoms with van der Waals surface area (Å²) in [7, 11) is 0. The lowest BCUT2D eigenvalue weighted by Crippen LogP contribution is -2.32. The number of nitrogens with one attached hydrogen (secondary N) is 1. The average Bonchev–Trinajstić information content (AvgIpc) is 3.04. The summed E-state index contributed by atoms with van der Waals surface area (Å²) in [5.74, 6) is -0.230. The number of aryl methyl sites for hydroxylation is 2. The van der Waals surface area contributed by atoms with E-state index in [4.69, 9.17) is 11.6 Å². The standard InChI is InChI=1S/C15H18BrClF3N5O/c1-8-11(16)7-25(22-8)10(3)14(26)21-5-4-6-24-9(2)12(17)13(23-24)15(18,19)20/h7,10H,4-6H2,1-3H3,(H,21,26). The van der Waals surface area contributed by atoms with Crippen LogP contribution in [0.5, 0.6) is 0 Å². The van der Waals surface area contributed by atoms with Gasteiger partial charge >= 0.3 is 6.18 Å². The van der Waals surface area contributed by atoms with Crippen molar-refractivity contribution in [2.75, 3.05) is 6.54 Å². The molecule has 0 aliphatic carbocycles. The van der Waals surface area contributed by atoms with Crippen molar-refractivity contribution in [3.63, 3.8) is 0 Å². The van der Waals surface area contributed by atoms with Crippen molar-refractivity contribution >= 4 is 33.4 Å². The second kappa shape index (κ2) is 7.99. The van der Waals surface area contributed by atoms with Gasteiger partial charge in [-0.3, -0.25) is 14.2 Å². The Morgan fingerprint density at radius 2 is 2.04 bits per heavy atom. The van der Waals surface area contributed by atoms with E-state index in [0.29, 0.717) is 13.0 Å². The third-order valence-corrected chi connectivity index (χ3v) is 5.11. The summed E-state index contributed by atoms with van der Waals surface area (Å²) in [5, 5.41) is 10.1. The van der Waals surface area contributed by atoms with Gasteiger partial charge in [0.2, 0.25) is 5.91 Å². The van der Waals surface area contributed by atoms with Crippen LogP contribution in [0.25, 0.3) is 0 Å². The fourth-order valence-corrected chi connectivity index (χ4v) is 2.82. The summed E-state index contributed by atoms with van der Waals surface area (Å²) in [6.45, 7) is 5.51. The number of carbonyl (C=O) groups is 1. The first-order chi connectivity index (χ1) is 12.0. The first-order valence-electron chi connectivity index (χ1n) is 7.81. The number of nitrogens with zero attached hydrogens (tertiary/aromatic N) is 4. The predicted octanol–water partition coefficient (Wildman–Crippen LogP) is 3.90. The summed E-state index contributed by atoms with van der Waals surface area (Å²) in [6.07, 6.45) is -2.46. The fourth-order valence-electron chi connectivity index (χ4n) is 2.29. The maximum absolute atomic E-state index is 12.8. The van der Waals surface area contributed by atoms with E-state index >= 15 is 0 Å². The molecule has 2 aromatic rings. The molecule has 1 atom stereocenters. The summed E-state index contributed by atoms with van der Waals surface area (Å²) in [4.78, 5) is 12.2. The quantitative estimate of drug-likeness (QED) is 0.671. The highest BCUT2D eigenvalue weighted by Gasteiger charge is 2.38. The molecule has 0 bridgehead atoms. The van der Waals surface area contributed by atoms with E-state index < -0.39 is 22.9 Å². The van der Waals surface area contributed by atoms with Gasteiger partial charge in [0.05, 0.1) is 20.9 Å². The van der Waals surface area contributed by atoms with Crippen LogP contribution in [0.4, 0.5) is 13.2 Å². The number of alkyl halides is 3. The average molecular weight is 457 g/mol. The molecule has 2 aromatic heterocycles. The normalized spacial score (nSPS) is 13.1. The van der Waals surface area contributed by atoms with Crippen molar-refractivity contribution in [1.82, 2.24) is 24.9 Å². The molecular formula is C15H18BrClF3N5O. The first kappa shape index (κ1) is 20.8. The van der Waals surface area contributed by atoms with Gasteiger partial charge in [0.15, 0.2) is 5.69 Å². The molecule has 0 radical (unpaired) electrons. The zero-order chi connectivity index (χ0) is 19.6. The highest BCUT2D eigenvalue weighted by molar-refractivity contribution is 9.10. The van der Waals surface area contributed by atoms with Crippen molar-refractivity contribution < 1.29 is 18.0 Å². The van der Waals surface area contributed by atoms with Crippen molar-refractivity contribution in [1.29, 1.82) is 0 Å². The maximum Gasteiger partial charge on any atom is 0.436 e. The van der Waals surface area contributed by atoms with Crippen molar-refractivity contribution in [3.05, 3.63) is 32.8 Å². The number of carbonyl (C=O) groups excluding carboxylic acids is 1. The summed E-state index contributed by atoms with van der Waals surface area (Å²) in [5.41, 5.74) is -0.0688. The van der Waals surface area contributed by atoms with Crippen LogP contribution in [-0.4, -0.2) is 32.0 Å². The molecule has 2 heterocycles. The van der Waals surface area contributed by atoms with Gasteiger partial charge in [0.1, 0.15) is 6.04 Å². The minimum Gasteiger partial charge on any atom is -0.354 e. The van der Waals surface area contributed by atoms with Gasteiger partial charge in [-0.05, 0) is 43.1 Å². The molecular weight excluding hydrogens is 439 g/mol. The fraction of sp³-hybridized carbons (Fsp3) is 0.533. The minimum atomic E-state index is -4.59. The van der Waals surface area contributed by atoms with E-state index in [-0.39, 0.29) is 18.1 Å². The number of halogens is 5. The van der Waals surface area contributed by atoms with Crippen LogP contribution in [-0.2, 0) is 17.5 Å². The molecule has 0 aliphatic rings. The Hall–Kier alpha value is -1.55. The number of amides is 1. The van der Waals surface area contributed by atoms with Crippen LogP contribution < -0.4 is 5.32 Å². The molecule has 144 valence electrons. The summed E-state index contributed by atoms with van der Waals surface area (Å²) in [6, 6.07) is -0.502. The van der Waals surface area contributed by atoms with Crippen LogP contribution in [0.3, 0.4) is 0 Å². The van der Waals surface area contributed by atoms with Gasteiger partial charge in [0, 0.05) is 19.3 Å². The van der Waals surface area contributed by atoms with Gasteiger partial charge in [-0.1, -0.05) is 11.6 Å². The molecule has 1 N–H and O–H groups in total. The smallest absolute Gasteiger partial charge is 0.354 e. The summed E-state index contributed by atoms with van der Waals surface area (Å²) < 4.78 is 41.9. The highest BCUT2D eigenvalue weighted by Crippen LogP contribution is 2.35. The molecule has 0 aromatic carbocycles. The second-order valence-electron chi connectivity index (χ2n) is 5.83. The van der Waals surface area contributed by atoms with E-state index in [9.17, 15) is 18.0 Å². The Balaban J connectivity index is 1.88. The Labute approximate surface area is 161 Å². The van der Waals surface area contributed by atoms with Gasteiger partial charge in [-0.2, -0.15) is 23.4 Å². The zero-order valence-corrected chi connectivity index (χ0v) is 16.7. The molecule has 1 unspecified atom stereocenters. The van der Waals surface area contributed by atoms with Crippen molar-refractivity contribution in [3.8, 4) is 0 Å². The van der Waals surface area contributed by atoms with E-state index in [1.165, 1.54) is 11.6 Å². The molecule has 0 fully saturated rings. The van der Waals surface area contributed by atoms with Crippen LogP contribution in [0, 0.1) is 13.8 Å². The molecule has 2 rings (SSSR count). The van der Waals surface area contributed by atoms with Crippen LogP contribution >= 0.6 is 27.5 Å². The van der Waals surface area contributed by atoms with Crippen LogP contribution in [0.1, 0.15) is 36.5 Å². The monoisotopic (exact) mass is 455 g/mol. The number of aromatic nitrogens is 4. The molecule has 0 aliphatic heterocycles. The molecule has 1 amide bonds. The predicted molar refractivity (Wildman–Crippen MR) is 94.0 cm³/mol. The maximum atomic E-state index is 12.8. The second-order valence-corrected chi connectivity index (χ2v) is 7.06. The molecule has 0 saturated carbocycles. The van der Waals surface area contributed by atoms with E-state index in [1.807, 2.05) is 6.92 Å². The SMILES string of the molecule is Cc1nn(C(C)C(=O)NCCCn2nc(C(F)(F)F)c(Cl)c2C)cc1Br. The summed E-state index contributed by atoms with van der Waals surface area (Å²) >= 11 is 9.04. The van der Waals surface area contributed by atoms with Gasteiger partial charge in [-0.15, -0.1) is 0 Å². The Bertz CT molecular complexity index is 783. The molecule has 0 spiro atoms. The number of hydrogen-bond donors (Lipinski definition) is 1.